The first-order valence-corrected chi connectivity index (χ1v) is 6.07. The van der Waals surface area contributed by atoms with Crippen LogP contribution >= 0.6 is 0 Å². The molecule has 0 aromatic heterocycles. The van der Waals surface area contributed by atoms with Crippen molar-refractivity contribution < 1.29 is 19.1 Å². The molecule has 6 heteroatoms. The Morgan fingerprint density at radius 1 is 1.05 bits per heavy atom. The van der Waals surface area contributed by atoms with E-state index in [1.54, 1.807) is 30.3 Å². The summed E-state index contributed by atoms with van der Waals surface area (Å²) in [5.41, 5.74) is 11.8. The van der Waals surface area contributed by atoms with Gasteiger partial charge in [0.25, 0.3) is 0 Å². The van der Waals surface area contributed by atoms with Crippen molar-refractivity contribution in [2.75, 3.05) is 12.8 Å². The van der Waals surface area contributed by atoms with Gasteiger partial charge in [-0.25, -0.2) is 4.79 Å². The van der Waals surface area contributed by atoms with Crippen molar-refractivity contribution in [3.8, 4) is 11.5 Å². The lowest BCUT2D eigenvalue weighted by molar-refractivity contribution is 0.0601. The maximum absolute atomic E-state index is 11.5. The van der Waals surface area contributed by atoms with E-state index < -0.39 is 11.9 Å². The molecule has 0 spiro atoms. The smallest absolute Gasteiger partial charge is 0.340 e. The minimum atomic E-state index is -0.540. The van der Waals surface area contributed by atoms with Crippen LogP contribution in [-0.4, -0.2) is 19.0 Å². The molecule has 0 heterocycles. The molecule has 2 rings (SSSR count). The quantitative estimate of drug-likeness (QED) is 0.660. The highest BCUT2D eigenvalue weighted by molar-refractivity contribution is 5.96. The van der Waals surface area contributed by atoms with Crippen LogP contribution in [0.15, 0.2) is 42.5 Å². The molecule has 0 saturated carbocycles. The fourth-order valence-electron chi connectivity index (χ4n) is 1.74. The third-order valence-electron chi connectivity index (χ3n) is 2.84. The molecule has 1 amide bonds. The van der Waals surface area contributed by atoms with Gasteiger partial charge in [-0.05, 0) is 36.4 Å². The van der Waals surface area contributed by atoms with Crippen LogP contribution in [0.2, 0.25) is 0 Å². The highest BCUT2D eigenvalue weighted by atomic mass is 16.5. The van der Waals surface area contributed by atoms with Crippen LogP contribution in [0.3, 0.4) is 0 Å². The van der Waals surface area contributed by atoms with Crippen LogP contribution in [0.1, 0.15) is 20.7 Å². The summed E-state index contributed by atoms with van der Waals surface area (Å²) in [7, 11) is 1.28. The topological polar surface area (TPSA) is 105 Å². The van der Waals surface area contributed by atoms with Crippen molar-refractivity contribution in [3.63, 3.8) is 0 Å². The first-order valence-electron chi connectivity index (χ1n) is 6.07. The molecule has 2 aromatic rings. The second-order valence-corrected chi connectivity index (χ2v) is 4.20. The molecule has 0 bridgehead atoms. The van der Waals surface area contributed by atoms with E-state index in [4.69, 9.17) is 16.2 Å². The van der Waals surface area contributed by atoms with Crippen LogP contribution in [0.25, 0.3) is 0 Å². The number of benzene rings is 2. The molecule has 21 heavy (non-hydrogen) atoms. The number of carbonyl (C=O) groups is 2. The Kier molecular flexibility index (Phi) is 4.08. The number of hydrogen-bond acceptors (Lipinski definition) is 5. The third-order valence-corrected chi connectivity index (χ3v) is 2.84. The van der Waals surface area contributed by atoms with Gasteiger partial charge in [0.15, 0.2) is 5.75 Å². The standard InChI is InChI=1S/C15H14N2O4/c1-20-15(19)11-3-2-4-12(13(11)16)21-10-7-5-9(6-8-10)14(17)18/h2-8H,16H2,1H3,(H2,17,18). The van der Waals surface area contributed by atoms with E-state index in [1.165, 1.54) is 19.2 Å². The van der Waals surface area contributed by atoms with E-state index in [0.29, 0.717) is 17.1 Å². The molecule has 0 aliphatic carbocycles. The van der Waals surface area contributed by atoms with Gasteiger partial charge >= 0.3 is 5.97 Å². The molecule has 0 radical (unpaired) electrons. The first kappa shape index (κ1) is 14.4. The molecule has 0 aliphatic heterocycles. The summed E-state index contributed by atoms with van der Waals surface area (Å²) in [4.78, 5) is 22.5. The molecule has 0 aliphatic rings. The second kappa shape index (κ2) is 5.96. The van der Waals surface area contributed by atoms with E-state index in [1.807, 2.05) is 0 Å². The molecule has 4 N–H and O–H groups in total. The van der Waals surface area contributed by atoms with Crippen molar-refractivity contribution >= 4 is 17.6 Å². The number of anilines is 1. The van der Waals surface area contributed by atoms with Crippen molar-refractivity contribution in [1.29, 1.82) is 0 Å². The minimum Gasteiger partial charge on any atom is -0.465 e. The van der Waals surface area contributed by atoms with Gasteiger partial charge in [-0.15, -0.1) is 0 Å². The fourth-order valence-corrected chi connectivity index (χ4v) is 1.74. The van der Waals surface area contributed by atoms with Crippen LogP contribution in [-0.2, 0) is 4.74 Å². The minimum absolute atomic E-state index is 0.184. The number of rotatable bonds is 4. The Bertz CT molecular complexity index is 681. The monoisotopic (exact) mass is 286 g/mol. The van der Waals surface area contributed by atoms with Gasteiger partial charge in [-0.3, -0.25) is 4.79 Å². The van der Waals surface area contributed by atoms with Gasteiger partial charge in [0.05, 0.1) is 18.4 Å². The Balaban J connectivity index is 2.27. The maximum Gasteiger partial charge on any atom is 0.340 e. The van der Waals surface area contributed by atoms with Gasteiger partial charge in [0.1, 0.15) is 5.75 Å². The molecular formula is C15H14N2O4. The van der Waals surface area contributed by atoms with Gasteiger partial charge in [0, 0.05) is 5.56 Å². The van der Waals surface area contributed by atoms with Gasteiger partial charge in [-0.1, -0.05) is 6.07 Å². The fraction of sp³-hybridized carbons (Fsp3) is 0.0667. The van der Waals surface area contributed by atoms with Crippen LogP contribution in [0, 0.1) is 0 Å². The summed E-state index contributed by atoms with van der Waals surface area (Å²) in [6, 6.07) is 11.1. The lowest BCUT2D eigenvalue weighted by atomic mass is 10.1. The van der Waals surface area contributed by atoms with E-state index >= 15 is 0 Å². The summed E-state index contributed by atoms with van der Waals surface area (Å²) in [5, 5.41) is 0. The summed E-state index contributed by atoms with van der Waals surface area (Å²) in [5.74, 6) is -0.269. The van der Waals surface area contributed by atoms with Crippen molar-refractivity contribution in [1.82, 2.24) is 0 Å². The van der Waals surface area contributed by atoms with Gasteiger partial charge < -0.3 is 20.9 Å². The second-order valence-electron chi connectivity index (χ2n) is 4.20. The van der Waals surface area contributed by atoms with Gasteiger partial charge in [0.2, 0.25) is 5.91 Å². The Morgan fingerprint density at radius 3 is 2.29 bits per heavy atom. The number of para-hydroxylation sites is 1. The maximum atomic E-state index is 11.5. The first-order chi connectivity index (χ1) is 10.0. The Morgan fingerprint density at radius 2 is 1.71 bits per heavy atom. The molecular weight excluding hydrogens is 272 g/mol. The molecule has 0 atom stereocenters. The number of nitrogen functional groups attached to an aromatic ring is 1. The number of esters is 1. The molecule has 6 nitrogen and oxygen atoms in total. The zero-order chi connectivity index (χ0) is 15.4. The number of ether oxygens (including phenoxy) is 2. The largest absolute Gasteiger partial charge is 0.465 e. The zero-order valence-corrected chi connectivity index (χ0v) is 11.3. The summed E-state index contributed by atoms with van der Waals surface area (Å²) in [6.45, 7) is 0. The van der Waals surface area contributed by atoms with E-state index in [2.05, 4.69) is 4.74 Å². The highest BCUT2D eigenvalue weighted by Crippen LogP contribution is 2.30. The third kappa shape index (κ3) is 3.11. The lowest BCUT2D eigenvalue weighted by Crippen LogP contribution is -2.10. The van der Waals surface area contributed by atoms with Crippen LogP contribution in [0.4, 0.5) is 5.69 Å². The van der Waals surface area contributed by atoms with Crippen molar-refractivity contribution in [2.24, 2.45) is 5.73 Å². The molecule has 0 saturated heterocycles. The highest BCUT2D eigenvalue weighted by Gasteiger charge is 2.14. The molecule has 108 valence electrons. The molecule has 2 aromatic carbocycles. The van der Waals surface area contributed by atoms with E-state index in [0.717, 1.165) is 0 Å². The molecule has 0 unspecified atom stereocenters. The van der Waals surface area contributed by atoms with Gasteiger partial charge in [-0.2, -0.15) is 0 Å². The normalized spacial score (nSPS) is 9.95. The number of hydrogen-bond donors (Lipinski definition) is 2. The predicted octanol–water partition coefficient (Wildman–Crippen LogP) is 1.95. The Labute approximate surface area is 121 Å². The summed E-state index contributed by atoms with van der Waals surface area (Å²) < 4.78 is 10.2. The predicted molar refractivity (Wildman–Crippen MR) is 77.2 cm³/mol. The lowest BCUT2D eigenvalue weighted by Gasteiger charge is -2.11. The van der Waals surface area contributed by atoms with Crippen LogP contribution in [0.5, 0.6) is 11.5 Å². The van der Waals surface area contributed by atoms with Crippen LogP contribution < -0.4 is 16.2 Å². The number of amides is 1. The number of primary amides is 1. The molecule has 0 fully saturated rings. The number of nitrogens with two attached hydrogens (primary N) is 2. The number of carbonyl (C=O) groups excluding carboxylic acids is 2. The zero-order valence-electron chi connectivity index (χ0n) is 11.3. The van der Waals surface area contributed by atoms with E-state index in [9.17, 15) is 9.59 Å². The SMILES string of the molecule is COC(=O)c1cccc(Oc2ccc(C(N)=O)cc2)c1N. The average Bonchev–Trinajstić information content (AvgIpc) is 2.49. The van der Waals surface area contributed by atoms with E-state index in [-0.39, 0.29) is 11.3 Å². The Hall–Kier alpha value is -3.02. The number of methoxy groups -OCH3 is 1. The summed E-state index contributed by atoms with van der Waals surface area (Å²) in [6.07, 6.45) is 0. The average molecular weight is 286 g/mol. The van der Waals surface area contributed by atoms with Crippen molar-refractivity contribution in [2.45, 2.75) is 0 Å². The summed E-state index contributed by atoms with van der Waals surface area (Å²) >= 11 is 0. The van der Waals surface area contributed by atoms with Crippen molar-refractivity contribution in [3.05, 3.63) is 53.6 Å².